The Morgan fingerprint density at radius 3 is 2.50 bits per heavy atom. The fraction of sp³-hybridized carbons (Fsp3) is 0.375. The highest BCUT2D eigenvalue weighted by molar-refractivity contribution is 7.07. The van der Waals surface area contributed by atoms with Gasteiger partial charge in [-0.15, -0.1) is 0 Å². The summed E-state index contributed by atoms with van der Waals surface area (Å²) in [5.74, 6) is -0.0911. The summed E-state index contributed by atoms with van der Waals surface area (Å²) in [5.41, 5.74) is 0.447. The largest absolute Gasteiger partial charge is 0.333 e. The molecule has 1 aliphatic heterocycles. The molecule has 0 unspecified atom stereocenters. The second-order valence-electron chi connectivity index (χ2n) is 5.75. The predicted octanol–water partition coefficient (Wildman–Crippen LogP) is 1.97. The van der Waals surface area contributed by atoms with Crippen molar-refractivity contribution in [1.29, 1.82) is 0 Å². The Morgan fingerprint density at radius 2 is 1.92 bits per heavy atom. The number of piperazine rings is 1. The Hall–Kier alpha value is -2.35. The summed E-state index contributed by atoms with van der Waals surface area (Å²) in [7, 11) is 0. The van der Waals surface area contributed by atoms with Crippen LogP contribution in [0.15, 0.2) is 24.3 Å². The highest BCUT2D eigenvalue weighted by Gasteiger charge is 2.31. The Balaban J connectivity index is 1.67. The lowest BCUT2D eigenvalue weighted by Crippen LogP contribution is -2.55. The average molecular weight is 348 g/mol. The van der Waals surface area contributed by atoms with Crippen molar-refractivity contribution in [3.63, 3.8) is 0 Å². The highest BCUT2D eigenvalue weighted by Crippen LogP contribution is 2.17. The zero-order chi connectivity index (χ0) is 17.3. The van der Waals surface area contributed by atoms with E-state index in [1.165, 1.54) is 24.3 Å². The van der Waals surface area contributed by atoms with Crippen molar-refractivity contribution >= 4 is 23.3 Å². The first-order chi connectivity index (χ1) is 11.5. The van der Waals surface area contributed by atoms with Crippen LogP contribution in [0.25, 0.3) is 0 Å². The zero-order valence-corrected chi connectivity index (χ0v) is 14.2. The zero-order valence-electron chi connectivity index (χ0n) is 13.4. The van der Waals surface area contributed by atoms with Crippen LogP contribution in [-0.4, -0.2) is 56.6 Å². The molecule has 3 rings (SSSR count). The van der Waals surface area contributed by atoms with Crippen molar-refractivity contribution < 1.29 is 14.0 Å². The van der Waals surface area contributed by atoms with Crippen LogP contribution in [0.4, 0.5) is 4.39 Å². The van der Waals surface area contributed by atoms with Gasteiger partial charge in [-0.05, 0) is 49.6 Å². The van der Waals surface area contributed by atoms with E-state index < -0.39 is 0 Å². The van der Waals surface area contributed by atoms with Crippen LogP contribution in [0.2, 0.25) is 0 Å². The first-order valence-electron chi connectivity index (χ1n) is 7.62. The van der Waals surface area contributed by atoms with E-state index in [1.807, 2.05) is 6.92 Å². The van der Waals surface area contributed by atoms with E-state index in [2.05, 4.69) is 9.36 Å². The van der Waals surface area contributed by atoms with Gasteiger partial charge in [0.05, 0.1) is 0 Å². The normalized spacial score (nSPS) is 17.9. The van der Waals surface area contributed by atoms with Crippen molar-refractivity contribution in [1.82, 2.24) is 19.2 Å². The molecule has 24 heavy (non-hydrogen) atoms. The number of carbonyl (C=O) groups excluding carboxylic acids is 2. The molecule has 0 saturated carbocycles. The van der Waals surface area contributed by atoms with Gasteiger partial charge in [0.25, 0.3) is 11.8 Å². The molecular formula is C16H17FN4O2S. The van der Waals surface area contributed by atoms with Crippen LogP contribution in [0.1, 0.15) is 32.9 Å². The minimum absolute atomic E-state index is 0.130. The smallest absolute Gasteiger partial charge is 0.284 e. The third-order valence-corrected chi connectivity index (χ3v) is 4.77. The van der Waals surface area contributed by atoms with E-state index in [-0.39, 0.29) is 23.7 Å². The number of hydrogen-bond acceptors (Lipinski definition) is 5. The molecular weight excluding hydrogens is 331 g/mol. The maximum Gasteiger partial charge on any atom is 0.284 e. The Kier molecular flexibility index (Phi) is 4.57. The summed E-state index contributed by atoms with van der Waals surface area (Å²) in [6, 6.07) is 5.37. The van der Waals surface area contributed by atoms with Crippen molar-refractivity contribution in [3.8, 4) is 0 Å². The van der Waals surface area contributed by atoms with Crippen LogP contribution >= 0.6 is 11.5 Å². The lowest BCUT2D eigenvalue weighted by molar-refractivity contribution is 0.0414. The molecule has 0 spiro atoms. The molecule has 1 aliphatic rings. The standard InChI is InChI=1S/C16H17FN4O2S/c1-10-9-20(16(23)14-18-11(2)19-24-14)7-8-21(10)15(22)12-3-5-13(17)6-4-12/h3-6,10H,7-9H2,1-2H3/t10-/m1/s1. The molecule has 126 valence electrons. The van der Waals surface area contributed by atoms with Gasteiger partial charge >= 0.3 is 0 Å². The topological polar surface area (TPSA) is 66.4 Å². The molecule has 1 atom stereocenters. The van der Waals surface area contributed by atoms with Crippen LogP contribution in [-0.2, 0) is 0 Å². The molecule has 0 aliphatic carbocycles. The van der Waals surface area contributed by atoms with E-state index in [9.17, 15) is 14.0 Å². The maximum atomic E-state index is 13.0. The number of aryl methyl sites for hydroxylation is 1. The molecule has 1 aromatic carbocycles. The van der Waals surface area contributed by atoms with Gasteiger partial charge < -0.3 is 9.80 Å². The maximum absolute atomic E-state index is 13.0. The fourth-order valence-corrected chi connectivity index (χ4v) is 3.36. The molecule has 0 N–H and O–H groups in total. The molecule has 8 heteroatoms. The molecule has 2 heterocycles. The van der Waals surface area contributed by atoms with Gasteiger partial charge in [0, 0.05) is 31.2 Å². The number of aromatic nitrogens is 2. The van der Waals surface area contributed by atoms with E-state index in [1.54, 1.807) is 16.7 Å². The Bertz CT molecular complexity index is 762. The van der Waals surface area contributed by atoms with Gasteiger partial charge in [-0.25, -0.2) is 9.37 Å². The molecule has 1 saturated heterocycles. The van der Waals surface area contributed by atoms with Crippen LogP contribution in [0, 0.1) is 12.7 Å². The number of amides is 2. The molecule has 1 fully saturated rings. The van der Waals surface area contributed by atoms with E-state index >= 15 is 0 Å². The third kappa shape index (κ3) is 3.28. The van der Waals surface area contributed by atoms with Gasteiger partial charge in [0.1, 0.15) is 11.6 Å². The van der Waals surface area contributed by atoms with Gasteiger partial charge in [0.2, 0.25) is 5.01 Å². The molecule has 2 aromatic rings. The monoisotopic (exact) mass is 348 g/mol. The van der Waals surface area contributed by atoms with E-state index in [0.29, 0.717) is 36.0 Å². The van der Waals surface area contributed by atoms with Gasteiger partial charge in [-0.2, -0.15) is 4.37 Å². The number of rotatable bonds is 2. The lowest BCUT2D eigenvalue weighted by Gasteiger charge is -2.39. The van der Waals surface area contributed by atoms with Gasteiger partial charge in [0.15, 0.2) is 0 Å². The highest BCUT2D eigenvalue weighted by atomic mass is 32.1. The number of nitrogens with zero attached hydrogens (tertiary/aromatic N) is 4. The van der Waals surface area contributed by atoms with Crippen LogP contribution in [0.5, 0.6) is 0 Å². The van der Waals surface area contributed by atoms with Gasteiger partial charge in [-0.3, -0.25) is 9.59 Å². The summed E-state index contributed by atoms with van der Waals surface area (Å²) in [6.07, 6.45) is 0. The predicted molar refractivity (Wildman–Crippen MR) is 87.4 cm³/mol. The van der Waals surface area contributed by atoms with Gasteiger partial charge in [-0.1, -0.05) is 0 Å². The summed E-state index contributed by atoms with van der Waals surface area (Å²) < 4.78 is 17.0. The fourth-order valence-electron chi connectivity index (χ4n) is 2.72. The van der Waals surface area contributed by atoms with Crippen molar-refractivity contribution in [3.05, 3.63) is 46.5 Å². The Labute approximate surface area is 143 Å². The third-order valence-electron chi connectivity index (χ3n) is 3.98. The number of carbonyl (C=O) groups is 2. The van der Waals surface area contributed by atoms with Crippen molar-refractivity contribution in [2.75, 3.05) is 19.6 Å². The summed E-state index contributed by atoms with van der Waals surface area (Å²) in [6.45, 7) is 4.95. The molecule has 6 nitrogen and oxygen atoms in total. The second-order valence-corrected chi connectivity index (χ2v) is 6.50. The first kappa shape index (κ1) is 16.5. The van der Waals surface area contributed by atoms with E-state index in [4.69, 9.17) is 0 Å². The number of benzene rings is 1. The second kappa shape index (κ2) is 6.64. The first-order valence-corrected chi connectivity index (χ1v) is 8.39. The summed E-state index contributed by atoms with van der Waals surface area (Å²) in [5, 5.41) is 0.373. The van der Waals surface area contributed by atoms with Crippen molar-refractivity contribution in [2.24, 2.45) is 0 Å². The summed E-state index contributed by atoms with van der Waals surface area (Å²) >= 11 is 1.09. The van der Waals surface area contributed by atoms with E-state index in [0.717, 1.165) is 11.5 Å². The molecule has 2 amide bonds. The number of hydrogen-bond donors (Lipinski definition) is 0. The van der Waals surface area contributed by atoms with Crippen LogP contribution in [0.3, 0.4) is 0 Å². The minimum atomic E-state index is -0.373. The van der Waals surface area contributed by atoms with Crippen molar-refractivity contribution in [2.45, 2.75) is 19.9 Å². The lowest BCUT2D eigenvalue weighted by atomic mass is 10.1. The SMILES string of the molecule is Cc1nsc(C(=O)N2CCN(C(=O)c3ccc(F)cc3)[C@H](C)C2)n1. The average Bonchev–Trinajstić information content (AvgIpc) is 3.00. The minimum Gasteiger partial charge on any atom is -0.333 e. The molecule has 1 aromatic heterocycles. The number of halogens is 1. The van der Waals surface area contributed by atoms with Crippen LogP contribution < -0.4 is 0 Å². The summed E-state index contributed by atoms with van der Waals surface area (Å²) in [4.78, 5) is 32.5. The quantitative estimate of drug-likeness (QED) is 0.832. The Morgan fingerprint density at radius 1 is 1.21 bits per heavy atom. The molecule has 0 radical (unpaired) electrons. The molecule has 0 bridgehead atoms.